The van der Waals surface area contributed by atoms with Gasteiger partial charge in [-0.05, 0) is 42.0 Å². The number of carbonyl (C=O) groups excluding carboxylic acids is 2. The first kappa shape index (κ1) is 19.2. The van der Waals surface area contributed by atoms with Gasteiger partial charge in [0.15, 0.2) is 5.82 Å². The SMILES string of the molecule is O=C(Cn1c(=O)nc2n1C(=O)N(c1ccc(Cl)cc1)C2)NCc1ccc(Cl)cc1. The summed E-state index contributed by atoms with van der Waals surface area (Å²) < 4.78 is 2.17. The number of benzene rings is 2. The quantitative estimate of drug-likeness (QED) is 0.672. The molecule has 0 saturated heterocycles. The van der Waals surface area contributed by atoms with Crippen molar-refractivity contribution in [1.82, 2.24) is 19.7 Å². The van der Waals surface area contributed by atoms with Crippen LogP contribution in [0.2, 0.25) is 10.0 Å². The van der Waals surface area contributed by atoms with Crippen LogP contribution in [-0.2, 0) is 24.4 Å². The van der Waals surface area contributed by atoms with Gasteiger partial charge in [-0.1, -0.05) is 35.3 Å². The maximum absolute atomic E-state index is 12.8. The number of hydrogen-bond donors (Lipinski definition) is 1. The Morgan fingerprint density at radius 3 is 2.28 bits per heavy atom. The Morgan fingerprint density at radius 2 is 1.62 bits per heavy atom. The fourth-order valence-electron chi connectivity index (χ4n) is 3.04. The molecule has 3 aromatic rings. The van der Waals surface area contributed by atoms with Gasteiger partial charge in [-0.3, -0.25) is 9.69 Å². The van der Waals surface area contributed by atoms with E-state index in [-0.39, 0.29) is 25.5 Å². The second kappa shape index (κ2) is 7.73. The fraction of sp³-hybridized carbons (Fsp3) is 0.158. The van der Waals surface area contributed by atoms with Crippen molar-refractivity contribution in [3.8, 4) is 0 Å². The summed E-state index contributed by atoms with van der Waals surface area (Å²) >= 11 is 11.7. The molecule has 0 fully saturated rings. The summed E-state index contributed by atoms with van der Waals surface area (Å²) in [6.45, 7) is 0.0886. The lowest BCUT2D eigenvalue weighted by Gasteiger charge is -2.15. The molecule has 10 heteroatoms. The minimum Gasteiger partial charge on any atom is -0.350 e. The zero-order valence-corrected chi connectivity index (χ0v) is 16.5. The molecule has 148 valence electrons. The molecular formula is C19H15Cl2N5O3. The molecule has 1 aliphatic heterocycles. The highest BCUT2D eigenvalue weighted by Crippen LogP contribution is 2.24. The molecule has 0 atom stereocenters. The molecule has 0 spiro atoms. The van der Waals surface area contributed by atoms with Crippen molar-refractivity contribution in [2.45, 2.75) is 19.6 Å². The van der Waals surface area contributed by atoms with Gasteiger partial charge < -0.3 is 5.32 Å². The van der Waals surface area contributed by atoms with E-state index >= 15 is 0 Å². The van der Waals surface area contributed by atoms with Gasteiger partial charge >= 0.3 is 11.7 Å². The van der Waals surface area contributed by atoms with Gasteiger partial charge in [-0.2, -0.15) is 9.67 Å². The Balaban J connectivity index is 1.48. The van der Waals surface area contributed by atoms with Gasteiger partial charge in [-0.25, -0.2) is 14.3 Å². The summed E-state index contributed by atoms with van der Waals surface area (Å²) in [5, 5.41) is 3.87. The van der Waals surface area contributed by atoms with E-state index in [1.165, 1.54) is 4.90 Å². The third-order valence-electron chi connectivity index (χ3n) is 4.48. The Morgan fingerprint density at radius 1 is 1.00 bits per heavy atom. The zero-order valence-electron chi connectivity index (χ0n) is 15.0. The van der Waals surface area contributed by atoms with E-state index in [1.807, 2.05) is 0 Å². The Kier molecular flexibility index (Phi) is 5.12. The molecule has 4 rings (SSSR count). The predicted octanol–water partition coefficient (Wildman–Crippen LogP) is 2.66. The Bertz CT molecular complexity index is 1140. The molecule has 2 aromatic carbocycles. The number of nitrogens with one attached hydrogen (secondary N) is 1. The number of halogens is 2. The number of hydrogen-bond acceptors (Lipinski definition) is 4. The molecule has 2 heterocycles. The first-order chi connectivity index (χ1) is 13.9. The van der Waals surface area contributed by atoms with Crippen LogP contribution in [0.5, 0.6) is 0 Å². The van der Waals surface area contributed by atoms with Crippen LogP contribution in [0.25, 0.3) is 0 Å². The summed E-state index contributed by atoms with van der Waals surface area (Å²) in [4.78, 5) is 42.7. The smallest absolute Gasteiger partial charge is 0.350 e. The minimum absolute atomic E-state index is 0.134. The van der Waals surface area contributed by atoms with Crippen LogP contribution >= 0.6 is 23.2 Å². The van der Waals surface area contributed by atoms with Crippen LogP contribution in [0.3, 0.4) is 0 Å². The third-order valence-corrected chi connectivity index (χ3v) is 4.98. The maximum atomic E-state index is 12.8. The molecule has 8 nitrogen and oxygen atoms in total. The Labute approximate surface area is 175 Å². The lowest BCUT2D eigenvalue weighted by Crippen LogP contribution is -2.38. The summed E-state index contributed by atoms with van der Waals surface area (Å²) in [5.41, 5.74) is 0.834. The minimum atomic E-state index is -0.647. The van der Waals surface area contributed by atoms with Crippen LogP contribution in [0.15, 0.2) is 53.3 Å². The molecule has 0 radical (unpaired) electrons. The molecule has 2 amide bonds. The highest BCUT2D eigenvalue weighted by atomic mass is 35.5. The topological polar surface area (TPSA) is 89.2 Å². The highest BCUT2D eigenvalue weighted by molar-refractivity contribution is 6.30. The average Bonchev–Trinajstić information content (AvgIpc) is 3.18. The summed E-state index contributed by atoms with van der Waals surface area (Å²) in [5.74, 6) is -0.136. The van der Waals surface area contributed by atoms with Crippen LogP contribution < -0.4 is 15.9 Å². The number of anilines is 1. The van der Waals surface area contributed by atoms with Gasteiger partial charge in [0.05, 0.1) is 6.54 Å². The molecule has 0 aliphatic carbocycles. The second-order valence-corrected chi connectivity index (χ2v) is 7.30. The van der Waals surface area contributed by atoms with Crippen LogP contribution in [0, 0.1) is 0 Å². The molecular weight excluding hydrogens is 417 g/mol. The van der Waals surface area contributed by atoms with E-state index in [1.54, 1.807) is 48.5 Å². The van der Waals surface area contributed by atoms with E-state index in [4.69, 9.17) is 23.2 Å². The van der Waals surface area contributed by atoms with Crippen molar-refractivity contribution in [2.75, 3.05) is 4.90 Å². The normalized spacial score (nSPS) is 12.9. The average molecular weight is 432 g/mol. The van der Waals surface area contributed by atoms with E-state index in [0.29, 0.717) is 15.7 Å². The van der Waals surface area contributed by atoms with Crippen molar-refractivity contribution >= 4 is 40.8 Å². The van der Waals surface area contributed by atoms with Crippen molar-refractivity contribution in [3.63, 3.8) is 0 Å². The molecule has 0 bridgehead atoms. The molecule has 29 heavy (non-hydrogen) atoms. The van der Waals surface area contributed by atoms with E-state index in [9.17, 15) is 14.4 Å². The first-order valence-corrected chi connectivity index (χ1v) is 9.45. The summed E-state index contributed by atoms with van der Waals surface area (Å²) in [7, 11) is 0. The van der Waals surface area contributed by atoms with Crippen molar-refractivity contribution < 1.29 is 9.59 Å². The lowest BCUT2D eigenvalue weighted by atomic mass is 10.2. The number of aromatic nitrogens is 3. The van der Waals surface area contributed by atoms with Gasteiger partial charge in [0, 0.05) is 22.3 Å². The zero-order chi connectivity index (χ0) is 20.5. The number of carbonyl (C=O) groups is 2. The molecule has 1 aromatic heterocycles. The third kappa shape index (κ3) is 3.90. The first-order valence-electron chi connectivity index (χ1n) is 8.69. The number of fused-ring (bicyclic) bond motifs is 1. The largest absolute Gasteiger partial charge is 0.365 e. The molecule has 1 N–H and O–H groups in total. The van der Waals surface area contributed by atoms with E-state index in [0.717, 1.165) is 14.9 Å². The van der Waals surface area contributed by atoms with Crippen molar-refractivity contribution in [2.24, 2.45) is 0 Å². The molecule has 0 unspecified atom stereocenters. The van der Waals surface area contributed by atoms with Gasteiger partial charge in [0.2, 0.25) is 5.91 Å². The van der Waals surface area contributed by atoms with Gasteiger partial charge in [-0.15, -0.1) is 0 Å². The van der Waals surface area contributed by atoms with Crippen molar-refractivity contribution in [1.29, 1.82) is 0 Å². The van der Waals surface area contributed by atoms with Crippen LogP contribution in [-0.4, -0.2) is 26.3 Å². The van der Waals surface area contributed by atoms with E-state index in [2.05, 4.69) is 10.3 Å². The maximum Gasteiger partial charge on any atom is 0.365 e. The monoisotopic (exact) mass is 431 g/mol. The molecule has 1 aliphatic rings. The standard InChI is InChI=1S/C19H15Cl2N5O3/c20-13-3-1-12(2-4-13)9-22-17(27)11-25-18(28)23-16-10-24(19(29)26(16)25)15-7-5-14(21)6-8-15/h1-8H,9-11H2,(H,22,27). The van der Waals surface area contributed by atoms with Gasteiger partial charge in [0.1, 0.15) is 6.54 Å². The highest BCUT2D eigenvalue weighted by Gasteiger charge is 2.33. The lowest BCUT2D eigenvalue weighted by molar-refractivity contribution is -0.122. The number of nitrogens with zero attached hydrogens (tertiary/aromatic N) is 4. The van der Waals surface area contributed by atoms with E-state index < -0.39 is 17.6 Å². The van der Waals surface area contributed by atoms with Crippen LogP contribution in [0.1, 0.15) is 11.4 Å². The van der Waals surface area contributed by atoms with Crippen LogP contribution in [0.4, 0.5) is 10.5 Å². The predicted molar refractivity (Wildman–Crippen MR) is 108 cm³/mol. The number of rotatable bonds is 5. The summed E-state index contributed by atoms with van der Waals surface area (Å²) in [6.07, 6.45) is 0. The van der Waals surface area contributed by atoms with Gasteiger partial charge in [0.25, 0.3) is 0 Å². The second-order valence-electron chi connectivity index (χ2n) is 6.43. The fourth-order valence-corrected chi connectivity index (χ4v) is 3.29. The molecule has 0 saturated carbocycles. The Hall–Kier alpha value is -3.10. The number of amides is 2. The van der Waals surface area contributed by atoms with Crippen molar-refractivity contribution in [3.05, 3.63) is 80.4 Å². The summed E-state index contributed by atoms with van der Waals surface area (Å²) in [6, 6.07) is 13.3.